The van der Waals surface area contributed by atoms with E-state index in [1.807, 2.05) is 0 Å². The first-order chi connectivity index (χ1) is 22.9. The minimum atomic E-state index is -0.669. The van der Waals surface area contributed by atoms with Gasteiger partial charge >= 0.3 is 17.9 Å². The minimum absolute atomic E-state index is 0.260. The number of allylic oxidation sites excluding steroid dienone is 1. The number of unbranched alkanes of at least 4 members (excludes halogenated alkanes) is 8. The number of esters is 3. The van der Waals surface area contributed by atoms with Crippen LogP contribution in [0.3, 0.4) is 0 Å². The molecule has 252 valence electrons. The van der Waals surface area contributed by atoms with E-state index in [4.69, 9.17) is 18.9 Å². The van der Waals surface area contributed by atoms with Crippen LogP contribution in [0.1, 0.15) is 90.4 Å². The zero-order valence-corrected chi connectivity index (χ0v) is 27.0. The Labute approximate surface area is 276 Å². The molecule has 2 aromatic rings. The molecular formula is C36H44N2O9. The lowest BCUT2D eigenvalue weighted by molar-refractivity contribution is -0.156. The van der Waals surface area contributed by atoms with Crippen LogP contribution < -0.4 is 9.47 Å². The molecule has 0 bridgehead atoms. The molecule has 2 rings (SSSR count). The van der Waals surface area contributed by atoms with Gasteiger partial charge in [-0.2, -0.15) is 9.98 Å². The Bertz CT molecular complexity index is 1340. The average molecular weight is 649 g/mol. The summed E-state index contributed by atoms with van der Waals surface area (Å²) >= 11 is 0. The summed E-state index contributed by atoms with van der Waals surface area (Å²) in [6.07, 6.45) is 18.5. The summed E-state index contributed by atoms with van der Waals surface area (Å²) < 4.78 is 21.3. The Morgan fingerprint density at radius 1 is 0.681 bits per heavy atom. The van der Waals surface area contributed by atoms with E-state index in [1.54, 1.807) is 24.3 Å². The Morgan fingerprint density at radius 2 is 1.23 bits per heavy atom. The maximum absolute atomic E-state index is 12.4. The standard InChI is InChI=1S/C36H44N2O9/c1-2-3-4-11-14-31(46-35(42)25-44-26-36(43)47-33-23-19-30(20-24-33)38-28-40)15-12-9-7-5-6-8-10-13-16-34(41)45-32-21-17-29(18-22-32)37-27-39/h9,12,17-24,31H,2-8,10-11,13-16,25-26H2,1H3/b12-9-/t31-/m1/s1. The second kappa shape index (κ2) is 24.5. The molecule has 1 atom stereocenters. The highest BCUT2D eigenvalue weighted by Crippen LogP contribution is 2.19. The SMILES string of the molecule is CCCCCC[C@H](C/C=C\CCCCCCCC(=O)Oc1ccc(N=C=O)cc1)OC(=O)COCC(=O)Oc1ccc(N=C=O)cc1. The van der Waals surface area contributed by atoms with Crippen LogP contribution in [0.25, 0.3) is 0 Å². The van der Waals surface area contributed by atoms with Crippen molar-refractivity contribution < 1.29 is 42.9 Å². The molecule has 0 aliphatic rings. The van der Waals surface area contributed by atoms with Gasteiger partial charge in [0.05, 0.1) is 11.4 Å². The van der Waals surface area contributed by atoms with Crippen molar-refractivity contribution in [2.45, 2.75) is 96.5 Å². The fourth-order valence-electron chi connectivity index (χ4n) is 4.52. The van der Waals surface area contributed by atoms with Crippen molar-refractivity contribution in [3.8, 4) is 11.5 Å². The lowest BCUT2D eigenvalue weighted by Crippen LogP contribution is -2.24. The van der Waals surface area contributed by atoms with E-state index >= 15 is 0 Å². The van der Waals surface area contributed by atoms with Gasteiger partial charge in [0.2, 0.25) is 12.2 Å². The van der Waals surface area contributed by atoms with Gasteiger partial charge in [0.1, 0.15) is 30.8 Å². The van der Waals surface area contributed by atoms with Crippen LogP contribution in [-0.2, 0) is 33.4 Å². The number of hydrogen-bond acceptors (Lipinski definition) is 11. The van der Waals surface area contributed by atoms with Crippen molar-refractivity contribution in [1.29, 1.82) is 0 Å². The summed E-state index contributed by atoms with van der Waals surface area (Å²) in [5.74, 6) is -0.809. The third kappa shape index (κ3) is 18.8. The molecule has 2 aromatic carbocycles. The quantitative estimate of drug-likeness (QED) is 0.0279. The molecule has 0 aliphatic carbocycles. The lowest BCUT2D eigenvalue weighted by Gasteiger charge is -2.16. The lowest BCUT2D eigenvalue weighted by atomic mass is 10.1. The Balaban J connectivity index is 1.60. The molecule has 11 nitrogen and oxygen atoms in total. The zero-order valence-electron chi connectivity index (χ0n) is 27.0. The number of carbonyl (C=O) groups is 3. The van der Waals surface area contributed by atoms with Crippen molar-refractivity contribution in [2.75, 3.05) is 13.2 Å². The predicted octanol–water partition coefficient (Wildman–Crippen LogP) is 7.71. The summed E-state index contributed by atoms with van der Waals surface area (Å²) in [5.41, 5.74) is 0.839. The molecule has 0 amide bonds. The average Bonchev–Trinajstić information content (AvgIpc) is 3.06. The number of rotatable bonds is 24. The predicted molar refractivity (Wildman–Crippen MR) is 175 cm³/mol. The maximum Gasteiger partial charge on any atom is 0.337 e. The molecular weight excluding hydrogens is 604 g/mol. The van der Waals surface area contributed by atoms with Crippen LogP contribution >= 0.6 is 0 Å². The number of isocyanates is 2. The van der Waals surface area contributed by atoms with Gasteiger partial charge in [-0.1, -0.05) is 57.6 Å². The van der Waals surface area contributed by atoms with Gasteiger partial charge in [0.25, 0.3) is 0 Å². The fourth-order valence-corrected chi connectivity index (χ4v) is 4.52. The molecule has 0 saturated heterocycles. The molecule has 0 fully saturated rings. The zero-order chi connectivity index (χ0) is 34.0. The molecule has 0 aliphatic heterocycles. The molecule has 0 unspecified atom stereocenters. The van der Waals surface area contributed by atoms with Gasteiger partial charge < -0.3 is 18.9 Å². The number of aliphatic imine (C=N–C) groups is 2. The first-order valence-corrected chi connectivity index (χ1v) is 16.1. The van der Waals surface area contributed by atoms with Gasteiger partial charge in [-0.05, 0) is 80.6 Å². The number of hydrogen-bond donors (Lipinski definition) is 0. The Morgan fingerprint density at radius 3 is 1.85 bits per heavy atom. The van der Waals surface area contributed by atoms with Crippen LogP contribution in [0.5, 0.6) is 11.5 Å². The molecule has 0 radical (unpaired) electrons. The molecule has 0 spiro atoms. The molecule has 11 heteroatoms. The van der Waals surface area contributed by atoms with Crippen LogP contribution in [-0.4, -0.2) is 49.4 Å². The summed E-state index contributed by atoms with van der Waals surface area (Å²) in [6.45, 7) is 1.37. The largest absolute Gasteiger partial charge is 0.460 e. The second-order valence-electron chi connectivity index (χ2n) is 10.8. The van der Waals surface area contributed by atoms with E-state index in [0.717, 1.165) is 70.6 Å². The van der Waals surface area contributed by atoms with E-state index in [0.29, 0.717) is 30.0 Å². The Kier molecular flexibility index (Phi) is 20.1. The second-order valence-corrected chi connectivity index (χ2v) is 10.8. The van der Waals surface area contributed by atoms with E-state index < -0.39 is 18.5 Å². The number of ether oxygens (including phenoxy) is 4. The van der Waals surface area contributed by atoms with Crippen molar-refractivity contribution in [2.24, 2.45) is 9.98 Å². The topological polar surface area (TPSA) is 147 Å². The number of benzene rings is 2. The van der Waals surface area contributed by atoms with Gasteiger partial charge in [-0.3, -0.25) is 4.79 Å². The summed E-state index contributed by atoms with van der Waals surface area (Å²) in [5, 5.41) is 0. The summed E-state index contributed by atoms with van der Waals surface area (Å²) in [6, 6.07) is 12.3. The highest BCUT2D eigenvalue weighted by molar-refractivity contribution is 5.75. The Hall–Kier alpha value is -4.69. The summed E-state index contributed by atoms with van der Waals surface area (Å²) in [4.78, 5) is 64.0. The first-order valence-electron chi connectivity index (χ1n) is 16.1. The number of carbonyl (C=O) groups excluding carboxylic acids is 5. The molecule has 0 N–H and O–H groups in total. The first kappa shape index (κ1) is 38.5. The van der Waals surface area contributed by atoms with Gasteiger partial charge in [-0.15, -0.1) is 0 Å². The highest BCUT2D eigenvalue weighted by atomic mass is 16.6. The third-order valence-corrected chi connectivity index (χ3v) is 6.92. The van der Waals surface area contributed by atoms with Crippen molar-refractivity contribution in [3.05, 3.63) is 60.7 Å². The van der Waals surface area contributed by atoms with Crippen LogP contribution in [0.2, 0.25) is 0 Å². The van der Waals surface area contributed by atoms with E-state index in [2.05, 4.69) is 29.1 Å². The van der Waals surface area contributed by atoms with Crippen LogP contribution in [0.15, 0.2) is 70.7 Å². The van der Waals surface area contributed by atoms with Crippen molar-refractivity contribution in [3.63, 3.8) is 0 Å². The van der Waals surface area contributed by atoms with Gasteiger partial charge in [-0.25, -0.2) is 19.2 Å². The maximum atomic E-state index is 12.4. The van der Waals surface area contributed by atoms with E-state index in [9.17, 15) is 24.0 Å². The van der Waals surface area contributed by atoms with Crippen LogP contribution in [0.4, 0.5) is 11.4 Å². The van der Waals surface area contributed by atoms with Gasteiger partial charge in [0, 0.05) is 12.8 Å². The van der Waals surface area contributed by atoms with Gasteiger partial charge in [0.15, 0.2) is 0 Å². The molecule has 0 saturated carbocycles. The minimum Gasteiger partial charge on any atom is -0.460 e. The van der Waals surface area contributed by atoms with Crippen molar-refractivity contribution >= 4 is 41.4 Å². The summed E-state index contributed by atoms with van der Waals surface area (Å²) in [7, 11) is 0. The molecule has 47 heavy (non-hydrogen) atoms. The highest BCUT2D eigenvalue weighted by Gasteiger charge is 2.15. The third-order valence-electron chi connectivity index (χ3n) is 6.92. The van der Waals surface area contributed by atoms with Crippen LogP contribution in [0, 0.1) is 0 Å². The van der Waals surface area contributed by atoms with E-state index in [1.165, 1.54) is 36.4 Å². The molecule has 0 aromatic heterocycles. The fraction of sp³-hybridized carbons (Fsp3) is 0.472. The van der Waals surface area contributed by atoms with E-state index in [-0.39, 0.29) is 24.4 Å². The normalized spacial score (nSPS) is 11.3. The monoisotopic (exact) mass is 648 g/mol. The smallest absolute Gasteiger partial charge is 0.337 e. The van der Waals surface area contributed by atoms with Crippen molar-refractivity contribution in [1.82, 2.24) is 0 Å². The number of nitrogens with zero attached hydrogens (tertiary/aromatic N) is 2. The molecule has 0 heterocycles.